The third-order valence-corrected chi connectivity index (χ3v) is 5.14. The molecule has 6 heteroatoms. The van der Waals surface area contributed by atoms with E-state index in [1.54, 1.807) is 13.8 Å². The molecular weight excluding hydrogens is 368 g/mol. The van der Waals surface area contributed by atoms with Crippen LogP contribution in [0, 0.1) is 20.8 Å². The first-order chi connectivity index (χ1) is 13.6. The molecule has 0 aliphatic carbocycles. The second-order valence-electron chi connectivity index (χ2n) is 7.87. The smallest absolute Gasteiger partial charge is 0.426 e. The summed E-state index contributed by atoms with van der Waals surface area (Å²) < 4.78 is 5.23. The van der Waals surface area contributed by atoms with E-state index in [1.807, 2.05) is 63.2 Å². The molecule has 2 aromatic carbocycles. The van der Waals surface area contributed by atoms with Crippen molar-refractivity contribution >= 4 is 17.6 Å². The number of amides is 2. The number of carbonyl (C=O) groups is 2. The Hall–Kier alpha value is -3.28. The van der Waals surface area contributed by atoms with Gasteiger partial charge in [0.15, 0.2) is 0 Å². The molecule has 0 saturated heterocycles. The molecule has 1 heterocycles. The summed E-state index contributed by atoms with van der Waals surface area (Å²) in [6.45, 7) is 9.21. The summed E-state index contributed by atoms with van der Waals surface area (Å²) in [4.78, 5) is 25.5. The third kappa shape index (κ3) is 3.83. The van der Waals surface area contributed by atoms with Gasteiger partial charge in [0, 0.05) is 0 Å². The van der Waals surface area contributed by atoms with Crippen LogP contribution >= 0.6 is 0 Å². The number of hydrazine groups is 1. The van der Waals surface area contributed by atoms with Crippen LogP contribution in [0.15, 0.2) is 48.2 Å². The number of benzene rings is 2. The first kappa shape index (κ1) is 20.5. The zero-order valence-electron chi connectivity index (χ0n) is 17.4. The Bertz CT molecular complexity index is 970. The maximum atomic E-state index is 13.2. The second-order valence-corrected chi connectivity index (χ2v) is 7.87. The van der Waals surface area contributed by atoms with Crippen molar-refractivity contribution < 1.29 is 19.4 Å². The molecule has 2 aromatic rings. The molecule has 0 spiro atoms. The molecular formula is C23H26N2O4. The number of nitrogens with one attached hydrogen (secondary N) is 1. The molecule has 3 rings (SSSR count). The Kier molecular flexibility index (Phi) is 5.38. The van der Waals surface area contributed by atoms with E-state index in [4.69, 9.17) is 4.74 Å². The first-order valence-corrected chi connectivity index (χ1v) is 9.46. The van der Waals surface area contributed by atoms with Crippen molar-refractivity contribution in [3.8, 4) is 0 Å². The molecule has 6 nitrogen and oxygen atoms in total. The number of rotatable bonds is 4. The molecule has 0 radical (unpaired) electrons. The fourth-order valence-corrected chi connectivity index (χ4v) is 3.72. The Balaban J connectivity index is 1.83. The standard InChI is InChI=1S/C23H26N2O4/c1-14-11-15(2)18(16(3)12-14)19-20(26)23(4,5)25(21(19)27)24-22(28)29-13-17-9-7-6-8-10-17/h6-12,26H,13H2,1-5H3,(H,24,28). The fraction of sp³-hybridized carbons (Fsp3) is 0.304. The van der Waals surface area contributed by atoms with Crippen LogP contribution in [-0.4, -0.2) is 27.7 Å². The van der Waals surface area contributed by atoms with E-state index in [0.717, 1.165) is 27.3 Å². The molecule has 0 aromatic heterocycles. The van der Waals surface area contributed by atoms with E-state index < -0.39 is 17.5 Å². The summed E-state index contributed by atoms with van der Waals surface area (Å²) in [5, 5.41) is 12.0. The van der Waals surface area contributed by atoms with Gasteiger partial charge in [-0.15, -0.1) is 0 Å². The highest BCUT2D eigenvalue weighted by Crippen LogP contribution is 2.39. The van der Waals surface area contributed by atoms with Crippen molar-refractivity contribution in [1.82, 2.24) is 10.4 Å². The molecule has 0 bridgehead atoms. The van der Waals surface area contributed by atoms with Gasteiger partial charge in [-0.3, -0.25) is 4.79 Å². The Labute approximate surface area is 170 Å². The van der Waals surface area contributed by atoms with Gasteiger partial charge in [0.2, 0.25) is 0 Å². The number of hydrogen-bond donors (Lipinski definition) is 2. The van der Waals surface area contributed by atoms with E-state index in [-0.39, 0.29) is 17.9 Å². The number of aliphatic hydroxyl groups excluding tert-OH is 1. The van der Waals surface area contributed by atoms with Crippen LogP contribution < -0.4 is 5.43 Å². The van der Waals surface area contributed by atoms with E-state index in [1.165, 1.54) is 0 Å². The van der Waals surface area contributed by atoms with Crippen LogP contribution in [0.1, 0.15) is 41.7 Å². The molecule has 2 amide bonds. The van der Waals surface area contributed by atoms with Gasteiger partial charge in [-0.25, -0.2) is 15.2 Å². The lowest BCUT2D eigenvalue weighted by atomic mass is 9.91. The summed E-state index contributed by atoms with van der Waals surface area (Å²) in [6, 6.07) is 13.2. The Morgan fingerprint density at radius 3 is 2.28 bits per heavy atom. The van der Waals surface area contributed by atoms with Crippen molar-refractivity contribution in [3.05, 3.63) is 76.0 Å². The monoisotopic (exact) mass is 394 g/mol. The summed E-state index contributed by atoms with van der Waals surface area (Å²) in [7, 11) is 0. The maximum Gasteiger partial charge on any atom is 0.426 e. The van der Waals surface area contributed by atoms with E-state index in [2.05, 4.69) is 5.43 Å². The highest BCUT2D eigenvalue weighted by atomic mass is 16.6. The zero-order chi connectivity index (χ0) is 21.3. The molecule has 0 saturated carbocycles. The molecule has 2 N–H and O–H groups in total. The highest BCUT2D eigenvalue weighted by molar-refractivity contribution is 6.23. The van der Waals surface area contributed by atoms with Crippen molar-refractivity contribution in [2.45, 2.75) is 46.8 Å². The summed E-state index contributed by atoms with van der Waals surface area (Å²) in [6.07, 6.45) is -0.762. The minimum absolute atomic E-state index is 0.0809. The first-order valence-electron chi connectivity index (χ1n) is 9.46. The SMILES string of the molecule is Cc1cc(C)c(C2=C(O)C(C)(C)N(NC(=O)OCc3ccccc3)C2=O)c(C)c1. The van der Waals surface area contributed by atoms with Gasteiger partial charge in [0.1, 0.15) is 17.9 Å². The number of aryl methyl sites for hydroxylation is 3. The lowest BCUT2D eigenvalue weighted by Crippen LogP contribution is -2.54. The van der Waals surface area contributed by atoms with Gasteiger partial charge in [-0.2, -0.15) is 0 Å². The number of hydrogen-bond acceptors (Lipinski definition) is 4. The van der Waals surface area contributed by atoms with Gasteiger partial charge < -0.3 is 9.84 Å². The maximum absolute atomic E-state index is 13.2. The molecule has 152 valence electrons. The average molecular weight is 394 g/mol. The van der Waals surface area contributed by atoms with Crippen molar-refractivity contribution in [2.75, 3.05) is 0 Å². The zero-order valence-corrected chi connectivity index (χ0v) is 17.4. The topological polar surface area (TPSA) is 78.9 Å². The van der Waals surface area contributed by atoms with E-state index in [0.29, 0.717) is 5.56 Å². The molecule has 0 fully saturated rings. The van der Waals surface area contributed by atoms with Crippen LogP contribution in [0.25, 0.3) is 5.57 Å². The Morgan fingerprint density at radius 2 is 1.69 bits per heavy atom. The van der Waals surface area contributed by atoms with E-state index in [9.17, 15) is 14.7 Å². The number of carbonyl (C=O) groups excluding carboxylic acids is 2. The predicted molar refractivity (Wildman–Crippen MR) is 111 cm³/mol. The minimum Gasteiger partial charge on any atom is -0.509 e. The van der Waals surface area contributed by atoms with Gasteiger partial charge in [0.25, 0.3) is 5.91 Å². The highest BCUT2D eigenvalue weighted by Gasteiger charge is 2.48. The van der Waals surface area contributed by atoms with Gasteiger partial charge >= 0.3 is 6.09 Å². The van der Waals surface area contributed by atoms with Crippen LogP contribution in [0.2, 0.25) is 0 Å². The fourth-order valence-electron chi connectivity index (χ4n) is 3.72. The lowest BCUT2D eigenvalue weighted by Gasteiger charge is -2.31. The summed E-state index contributed by atoms with van der Waals surface area (Å²) in [5.74, 6) is -0.555. The number of aliphatic hydroxyl groups is 1. The van der Waals surface area contributed by atoms with E-state index >= 15 is 0 Å². The van der Waals surface area contributed by atoms with Crippen molar-refractivity contribution in [3.63, 3.8) is 0 Å². The van der Waals surface area contributed by atoms with Crippen molar-refractivity contribution in [1.29, 1.82) is 0 Å². The van der Waals surface area contributed by atoms with Gasteiger partial charge in [-0.1, -0.05) is 48.0 Å². The third-order valence-electron chi connectivity index (χ3n) is 5.14. The number of nitrogens with zero attached hydrogens (tertiary/aromatic N) is 1. The second kappa shape index (κ2) is 7.62. The molecule has 1 aliphatic rings. The molecule has 29 heavy (non-hydrogen) atoms. The van der Waals surface area contributed by atoms with Gasteiger partial charge in [-0.05, 0) is 56.9 Å². The quantitative estimate of drug-likeness (QED) is 0.808. The molecule has 0 atom stereocenters. The summed E-state index contributed by atoms with van der Waals surface area (Å²) >= 11 is 0. The van der Waals surface area contributed by atoms with Crippen LogP contribution in [-0.2, 0) is 16.1 Å². The van der Waals surface area contributed by atoms with Crippen LogP contribution in [0.4, 0.5) is 4.79 Å². The minimum atomic E-state index is -1.11. The molecule has 1 aliphatic heterocycles. The number of ether oxygens (including phenoxy) is 1. The van der Waals surface area contributed by atoms with Crippen LogP contribution in [0.5, 0.6) is 0 Å². The van der Waals surface area contributed by atoms with Crippen molar-refractivity contribution in [2.24, 2.45) is 0 Å². The lowest BCUT2D eigenvalue weighted by molar-refractivity contribution is -0.131. The molecule has 0 unspecified atom stereocenters. The predicted octanol–water partition coefficient (Wildman–Crippen LogP) is 4.34. The Morgan fingerprint density at radius 1 is 1.10 bits per heavy atom. The van der Waals surface area contributed by atoms with Gasteiger partial charge in [0.05, 0.1) is 5.57 Å². The summed E-state index contributed by atoms with van der Waals surface area (Å²) in [5.41, 5.74) is 5.96. The van der Waals surface area contributed by atoms with Crippen LogP contribution in [0.3, 0.4) is 0 Å². The largest absolute Gasteiger partial charge is 0.509 e. The average Bonchev–Trinajstić information content (AvgIpc) is 2.81. The normalized spacial score (nSPS) is 15.6.